The SMILES string of the molecule is CNS(=O)(=O)c1ccc(C(=O)N2CCCC[C@@H]2C)o1. The summed E-state index contributed by atoms with van der Waals surface area (Å²) in [5, 5.41) is -0.233. The maximum Gasteiger partial charge on any atom is 0.289 e. The average molecular weight is 286 g/mol. The van der Waals surface area contributed by atoms with Crippen LogP contribution in [0.15, 0.2) is 21.6 Å². The van der Waals surface area contributed by atoms with E-state index in [9.17, 15) is 13.2 Å². The van der Waals surface area contributed by atoms with Crippen LogP contribution in [0.4, 0.5) is 0 Å². The molecule has 0 aliphatic carbocycles. The fraction of sp³-hybridized carbons (Fsp3) is 0.583. The predicted octanol–water partition coefficient (Wildman–Crippen LogP) is 1.20. The number of amides is 1. The van der Waals surface area contributed by atoms with Crippen molar-refractivity contribution in [1.82, 2.24) is 9.62 Å². The van der Waals surface area contributed by atoms with E-state index >= 15 is 0 Å². The van der Waals surface area contributed by atoms with Crippen LogP contribution in [0.3, 0.4) is 0 Å². The molecular formula is C12H18N2O4S. The number of nitrogens with one attached hydrogen (secondary N) is 1. The first-order valence-corrected chi connectivity index (χ1v) is 7.78. The number of piperidine rings is 1. The Bertz CT molecular complexity index is 564. The zero-order valence-corrected chi connectivity index (χ0v) is 11.9. The lowest BCUT2D eigenvalue weighted by Gasteiger charge is -2.32. The van der Waals surface area contributed by atoms with Crippen LogP contribution in [0, 0.1) is 0 Å². The molecule has 106 valence electrons. The molecule has 6 nitrogen and oxygen atoms in total. The molecule has 2 heterocycles. The van der Waals surface area contributed by atoms with Gasteiger partial charge >= 0.3 is 0 Å². The highest BCUT2D eigenvalue weighted by Crippen LogP contribution is 2.21. The maximum absolute atomic E-state index is 12.3. The van der Waals surface area contributed by atoms with Gasteiger partial charge in [-0.25, -0.2) is 13.1 Å². The molecule has 1 aliphatic rings. The van der Waals surface area contributed by atoms with E-state index in [1.54, 1.807) is 4.90 Å². The minimum Gasteiger partial charge on any atom is -0.438 e. The lowest BCUT2D eigenvalue weighted by atomic mass is 10.0. The summed E-state index contributed by atoms with van der Waals surface area (Å²) in [6.07, 6.45) is 3.05. The lowest BCUT2D eigenvalue weighted by molar-refractivity contribution is 0.0597. The van der Waals surface area contributed by atoms with Crippen molar-refractivity contribution in [3.8, 4) is 0 Å². The second-order valence-electron chi connectivity index (χ2n) is 4.67. The van der Waals surface area contributed by atoms with Gasteiger partial charge in [-0.2, -0.15) is 0 Å². The van der Waals surface area contributed by atoms with Crippen LogP contribution in [0.5, 0.6) is 0 Å². The highest BCUT2D eigenvalue weighted by Gasteiger charge is 2.27. The molecule has 0 unspecified atom stereocenters. The quantitative estimate of drug-likeness (QED) is 0.905. The highest BCUT2D eigenvalue weighted by atomic mass is 32.2. The minimum atomic E-state index is -3.64. The molecule has 0 bridgehead atoms. The first-order chi connectivity index (χ1) is 8.95. The van der Waals surface area contributed by atoms with E-state index < -0.39 is 10.0 Å². The Balaban J connectivity index is 2.21. The van der Waals surface area contributed by atoms with Crippen LogP contribution in [-0.2, 0) is 10.0 Å². The molecule has 1 aromatic heterocycles. The Morgan fingerprint density at radius 1 is 1.42 bits per heavy atom. The van der Waals surface area contributed by atoms with Crippen LogP contribution in [-0.4, -0.2) is 38.9 Å². The number of nitrogens with zero attached hydrogens (tertiary/aromatic N) is 1. The van der Waals surface area contributed by atoms with Crippen molar-refractivity contribution in [2.75, 3.05) is 13.6 Å². The molecule has 1 aromatic rings. The summed E-state index contributed by atoms with van der Waals surface area (Å²) in [6, 6.07) is 2.87. The van der Waals surface area contributed by atoms with Gasteiger partial charge in [-0.1, -0.05) is 0 Å². The van der Waals surface area contributed by atoms with E-state index in [0.29, 0.717) is 6.54 Å². The first kappa shape index (κ1) is 14.1. The summed E-state index contributed by atoms with van der Waals surface area (Å²) in [5.74, 6) is -0.174. The average Bonchev–Trinajstić information content (AvgIpc) is 2.89. The van der Waals surface area contributed by atoms with Gasteiger partial charge in [-0.15, -0.1) is 0 Å². The first-order valence-electron chi connectivity index (χ1n) is 6.30. The van der Waals surface area contributed by atoms with Crippen LogP contribution in [0.1, 0.15) is 36.7 Å². The summed E-state index contributed by atoms with van der Waals surface area (Å²) < 4.78 is 30.4. The van der Waals surface area contributed by atoms with E-state index in [1.807, 2.05) is 6.92 Å². The fourth-order valence-corrected chi connectivity index (χ4v) is 2.87. The summed E-state index contributed by atoms with van der Waals surface area (Å²) in [5.41, 5.74) is 0. The zero-order valence-electron chi connectivity index (χ0n) is 11.0. The van der Waals surface area contributed by atoms with Gasteiger partial charge in [0, 0.05) is 12.6 Å². The molecule has 1 atom stereocenters. The fourth-order valence-electron chi connectivity index (χ4n) is 2.22. The number of hydrogen-bond donors (Lipinski definition) is 1. The van der Waals surface area contributed by atoms with Crippen LogP contribution < -0.4 is 4.72 Å². The Morgan fingerprint density at radius 3 is 2.79 bits per heavy atom. The smallest absolute Gasteiger partial charge is 0.289 e. The van der Waals surface area contributed by atoms with Gasteiger partial charge < -0.3 is 9.32 Å². The second kappa shape index (κ2) is 5.34. The van der Waals surface area contributed by atoms with Gasteiger partial charge in [-0.05, 0) is 45.4 Å². The molecule has 0 spiro atoms. The third-order valence-electron chi connectivity index (χ3n) is 3.39. The highest BCUT2D eigenvalue weighted by molar-refractivity contribution is 7.89. The summed E-state index contributed by atoms with van der Waals surface area (Å²) in [6.45, 7) is 2.68. The number of hydrogen-bond acceptors (Lipinski definition) is 4. The monoisotopic (exact) mass is 286 g/mol. The molecule has 1 amide bonds. The molecule has 19 heavy (non-hydrogen) atoms. The Morgan fingerprint density at radius 2 is 2.16 bits per heavy atom. The largest absolute Gasteiger partial charge is 0.438 e. The van der Waals surface area contributed by atoms with Gasteiger partial charge in [0.05, 0.1) is 0 Å². The van der Waals surface area contributed by atoms with Crippen molar-refractivity contribution in [3.63, 3.8) is 0 Å². The van der Waals surface area contributed by atoms with E-state index in [4.69, 9.17) is 4.42 Å². The van der Waals surface area contributed by atoms with Crippen molar-refractivity contribution in [1.29, 1.82) is 0 Å². The van der Waals surface area contributed by atoms with Crippen LogP contribution in [0.2, 0.25) is 0 Å². The van der Waals surface area contributed by atoms with Crippen LogP contribution >= 0.6 is 0 Å². The van der Waals surface area contributed by atoms with E-state index in [2.05, 4.69) is 4.72 Å². The molecule has 7 heteroatoms. The summed E-state index contributed by atoms with van der Waals surface area (Å²) in [4.78, 5) is 14.0. The van der Waals surface area contributed by atoms with E-state index in [-0.39, 0.29) is 22.8 Å². The zero-order chi connectivity index (χ0) is 14.0. The Kier molecular flexibility index (Phi) is 3.96. The Hall–Kier alpha value is -1.34. The molecular weight excluding hydrogens is 268 g/mol. The van der Waals surface area contributed by atoms with Crippen molar-refractivity contribution in [2.45, 2.75) is 37.3 Å². The minimum absolute atomic E-state index is 0.0718. The molecule has 2 rings (SSSR count). The number of likely N-dealkylation sites (tertiary alicyclic amines) is 1. The van der Waals surface area contributed by atoms with Crippen molar-refractivity contribution in [2.24, 2.45) is 0 Å². The second-order valence-corrected chi connectivity index (χ2v) is 6.49. The molecule has 0 aromatic carbocycles. The third kappa shape index (κ3) is 2.82. The summed E-state index contributed by atoms with van der Waals surface area (Å²) >= 11 is 0. The number of furan rings is 1. The normalized spacial score (nSPS) is 20.5. The van der Waals surface area contributed by atoms with Crippen LogP contribution in [0.25, 0.3) is 0 Å². The molecule has 1 fully saturated rings. The van der Waals surface area contributed by atoms with Crippen molar-refractivity contribution < 1.29 is 17.6 Å². The predicted molar refractivity (Wildman–Crippen MR) is 69.3 cm³/mol. The number of carbonyl (C=O) groups excluding carboxylic acids is 1. The van der Waals surface area contributed by atoms with Gasteiger partial charge in [0.15, 0.2) is 5.76 Å². The third-order valence-corrected chi connectivity index (χ3v) is 4.68. The van der Waals surface area contributed by atoms with Crippen molar-refractivity contribution >= 4 is 15.9 Å². The van der Waals surface area contributed by atoms with Gasteiger partial charge in [-0.3, -0.25) is 4.79 Å². The number of carbonyl (C=O) groups is 1. The molecule has 0 radical (unpaired) electrons. The standard InChI is InChI=1S/C12H18N2O4S/c1-9-5-3-4-8-14(9)12(15)10-6-7-11(18-10)19(16,17)13-2/h6-7,9,13H,3-5,8H2,1-2H3/t9-/m0/s1. The number of rotatable bonds is 3. The van der Waals surface area contributed by atoms with Gasteiger partial charge in [0.1, 0.15) is 0 Å². The summed E-state index contributed by atoms with van der Waals surface area (Å²) in [7, 11) is -2.34. The van der Waals surface area contributed by atoms with E-state index in [0.717, 1.165) is 19.3 Å². The lowest BCUT2D eigenvalue weighted by Crippen LogP contribution is -2.41. The van der Waals surface area contributed by atoms with Gasteiger partial charge in [0.25, 0.3) is 15.9 Å². The molecule has 1 aliphatic heterocycles. The molecule has 1 saturated heterocycles. The topological polar surface area (TPSA) is 79.6 Å². The number of sulfonamides is 1. The Labute approximate surface area is 112 Å². The maximum atomic E-state index is 12.3. The van der Waals surface area contributed by atoms with E-state index in [1.165, 1.54) is 19.2 Å². The molecule has 1 N–H and O–H groups in total. The van der Waals surface area contributed by atoms with Crippen molar-refractivity contribution in [3.05, 3.63) is 17.9 Å². The molecule has 0 saturated carbocycles. The van der Waals surface area contributed by atoms with Gasteiger partial charge in [0.2, 0.25) is 5.09 Å².